The van der Waals surface area contributed by atoms with E-state index < -0.39 is 50.1 Å². The molecule has 0 spiro atoms. The van der Waals surface area contributed by atoms with Crippen molar-refractivity contribution in [3.8, 4) is 0 Å². The van der Waals surface area contributed by atoms with Crippen LogP contribution in [0.5, 0.6) is 0 Å². The van der Waals surface area contributed by atoms with Gasteiger partial charge in [-0.2, -0.15) is 0 Å². The summed E-state index contributed by atoms with van der Waals surface area (Å²) in [7, 11) is 0. The van der Waals surface area contributed by atoms with Gasteiger partial charge >= 0.3 is 83.0 Å². The third-order valence-corrected chi connectivity index (χ3v) is 2.14. The first-order valence-corrected chi connectivity index (χ1v) is 5.44. The number of carboxylic acids is 4. The molecule has 0 saturated carbocycles. The molecular weight excluding hydrogens is 441 g/mol. The summed E-state index contributed by atoms with van der Waals surface area (Å²) in [6, 6.07) is 0. The van der Waals surface area contributed by atoms with Crippen LogP contribution < -0.4 is 79.5 Å². The molecule has 0 heterocycles. The molecule has 13 heteroatoms. The van der Waals surface area contributed by atoms with Crippen LogP contribution in [-0.4, -0.2) is 96.9 Å². The second-order valence-electron chi connectivity index (χ2n) is 3.91. The normalized spacial score (nSPS) is 9.30. The zero-order valence-electron chi connectivity index (χ0n) is 13.1. The third kappa shape index (κ3) is 20.6. The van der Waals surface area contributed by atoms with Gasteiger partial charge in [0.05, 0.1) is 23.9 Å². The summed E-state index contributed by atoms with van der Waals surface area (Å²) < 4.78 is 0. The number of hydrogen-bond donors (Lipinski definition) is 0. The Bertz CT molecular complexity index is 331. The van der Waals surface area contributed by atoms with Gasteiger partial charge in [0.25, 0.3) is 0 Å². The summed E-state index contributed by atoms with van der Waals surface area (Å²) in [5.41, 5.74) is 0. The van der Waals surface area contributed by atoms with Gasteiger partial charge in [0.15, 0.2) is 0 Å². The van der Waals surface area contributed by atoms with Gasteiger partial charge < -0.3 is 39.6 Å². The van der Waals surface area contributed by atoms with Crippen LogP contribution in [0.25, 0.3) is 0 Å². The van der Waals surface area contributed by atoms with Crippen LogP contribution in [0.15, 0.2) is 0 Å². The van der Waals surface area contributed by atoms with Gasteiger partial charge in [0.2, 0.25) is 0 Å². The van der Waals surface area contributed by atoms with Crippen LogP contribution in [0.3, 0.4) is 0 Å². The average molecular weight is 455 g/mol. The molecule has 10 nitrogen and oxygen atoms in total. The van der Waals surface area contributed by atoms with Crippen molar-refractivity contribution in [3.63, 3.8) is 0 Å². The predicted octanol–water partition coefficient (Wildman–Crippen LogP) is -14.3. The molecule has 0 fully saturated rings. The molecule has 118 valence electrons. The van der Waals surface area contributed by atoms with E-state index in [4.69, 9.17) is 0 Å². The first kappa shape index (κ1) is 31.4. The minimum atomic E-state index is -1.53. The van der Waals surface area contributed by atoms with E-state index in [0.29, 0.717) is 0 Å². The molecule has 0 aromatic rings. The van der Waals surface area contributed by atoms with Crippen LogP contribution in [0, 0.1) is 0 Å². The van der Waals surface area contributed by atoms with Gasteiger partial charge in [-0.05, 0) is 0 Å². The van der Waals surface area contributed by atoms with Crippen molar-refractivity contribution in [3.05, 3.63) is 0 Å². The zero-order chi connectivity index (χ0) is 15.7. The Morgan fingerprint density at radius 2 is 0.739 bits per heavy atom. The van der Waals surface area contributed by atoms with Crippen LogP contribution >= 0.6 is 0 Å². The number of nitrogens with zero attached hydrogens (tertiary/aromatic N) is 2. The first-order valence-electron chi connectivity index (χ1n) is 5.44. The molecule has 0 unspecified atom stereocenters. The number of carbonyl (C=O) groups is 4. The van der Waals surface area contributed by atoms with Crippen molar-refractivity contribution in [1.29, 1.82) is 0 Å². The molecule has 0 N–H and O–H groups in total. The van der Waals surface area contributed by atoms with Gasteiger partial charge in [-0.1, -0.05) is 0 Å². The maximum atomic E-state index is 10.4. The number of rotatable bonds is 11. The van der Waals surface area contributed by atoms with Gasteiger partial charge in [-0.25, -0.2) is 0 Å². The van der Waals surface area contributed by atoms with E-state index in [1.807, 2.05) is 0 Å². The average Bonchev–Trinajstić information content (AvgIpc) is 2.22. The Balaban J connectivity index is -0.000000602. The molecule has 0 aliphatic rings. The first-order chi connectivity index (χ1) is 9.20. The van der Waals surface area contributed by atoms with E-state index in [9.17, 15) is 39.6 Å². The molecule has 0 amide bonds. The Morgan fingerprint density at radius 3 is 0.870 bits per heavy atom. The molecule has 0 aromatic carbocycles. The van der Waals surface area contributed by atoms with Crippen molar-refractivity contribution in [2.45, 2.75) is 0 Å². The van der Waals surface area contributed by atoms with Gasteiger partial charge in [0.1, 0.15) is 0 Å². The second kappa shape index (κ2) is 17.4. The van der Waals surface area contributed by atoms with E-state index in [1.54, 1.807) is 0 Å². The van der Waals surface area contributed by atoms with Crippen LogP contribution in [0.1, 0.15) is 0 Å². The molecule has 0 aliphatic heterocycles. The standard InChI is InChI=1S/C10H16N2O8.2Na.Sn.2H/c13-7(14)3-11(4-8(15)16)1-2-12(5-9(17)18)6-10(19)20;;;;;/h1-6H2,(H,13,14)(H,15,16)(H,17,18)(H,19,20);;;;;/q;2*+1;+2;;/p-4. The molecule has 0 bridgehead atoms. The van der Waals surface area contributed by atoms with Crippen LogP contribution in [0.4, 0.5) is 0 Å². The molecule has 0 aliphatic carbocycles. The molecule has 0 rings (SSSR count). The molecule has 0 saturated heterocycles. The molecule has 23 heavy (non-hydrogen) atoms. The summed E-state index contributed by atoms with van der Waals surface area (Å²) in [5.74, 6) is -6.12. The van der Waals surface area contributed by atoms with E-state index in [0.717, 1.165) is 9.80 Å². The van der Waals surface area contributed by atoms with Crippen molar-refractivity contribution >= 4 is 47.8 Å². The van der Waals surface area contributed by atoms with E-state index >= 15 is 0 Å². The van der Waals surface area contributed by atoms with Crippen molar-refractivity contribution < 1.29 is 98.7 Å². The Labute approximate surface area is 193 Å². The third-order valence-electron chi connectivity index (χ3n) is 2.14. The van der Waals surface area contributed by atoms with Gasteiger partial charge in [-0.3, -0.25) is 9.80 Å². The monoisotopic (exact) mass is 456 g/mol. The maximum absolute atomic E-state index is 10.4. The van der Waals surface area contributed by atoms with Crippen molar-refractivity contribution in [2.75, 3.05) is 39.3 Å². The Morgan fingerprint density at radius 1 is 0.565 bits per heavy atom. The topological polar surface area (TPSA) is 167 Å². The fraction of sp³-hybridized carbons (Fsp3) is 0.600. The molecular formula is C10H14N2Na2O8Sn. The zero-order valence-corrected chi connectivity index (χ0v) is 21.1. The Hall–Kier alpha value is 0.599. The summed E-state index contributed by atoms with van der Waals surface area (Å²) in [4.78, 5) is 43.4. The quantitative estimate of drug-likeness (QED) is 0.273. The number of carboxylic acid groups (broad SMARTS) is 4. The van der Waals surface area contributed by atoms with Gasteiger partial charge in [-0.15, -0.1) is 0 Å². The molecule has 0 aromatic heterocycles. The van der Waals surface area contributed by atoms with E-state index in [-0.39, 0.29) is 96.1 Å². The summed E-state index contributed by atoms with van der Waals surface area (Å²) >= 11 is 0. The number of carbonyl (C=O) groups excluding carboxylic acids is 4. The summed E-state index contributed by atoms with van der Waals surface area (Å²) in [6.45, 7) is -3.25. The number of aliphatic carboxylic acids is 4. The minimum absolute atomic E-state index is 0. The number of hydrogen-bond acceptors (Lipinski definition) is 10. The molecule has 0 radical (unpaired) electrons. The van der Waals surface area contributed by atoms with Crippen molar-refractivity contribution in [1.82, 2.24) is 9.80 Å². The predicted molar refractivity (Wildman–Crippen MR) is 61.5 cm³/mol. The van der Waals surface area contributed by atoms with Gasteiger partial charge in [0, 0.05) is 39.3 Å². The fourth-order valence-corrected chi connectivity index (χ4v) is 1.44. The molecule has 0 atom stereocenters. The van der Waals surface area contributed by atoms with Crippen molar-refractivity contribution in [2.24, 2.45) is 0 Å². The van der Waals surface area contributed by atoms with Crippen LogP contribution in [0.2, 0.25) is 0 Å². The van der Waals surface area contributed by atoms with E-state index in [1.165, 1.54) is 0 Å². The van der Waals surface area contributed by atoms with E-state index in [2.05, 4.69) is 0 Å². The second-order valence-corrected chi connectivity index (χ2v) is 3.91. The SMILES string of the molecule is O=C([O-])CN(CCN(CC(=O)[O-])CC(=O)[O-])CC(=O)[O-].[Na+].[Na+].[SnH2+2]. The summed E-state index contributed by atoms with van der Waals surface area (Å²) in [5, 5.41) is 41.6. The fourth-order valence-electron chi connectivity index (χ4n) is 1.44. The van der Waals surface area contributed by atoms with Crippen LogP contribution in [-0.2, 0) is 19.2 Å². The Kier molecular flexibility index (Phi) is 23.8. The summed E-state index contributed by atoms with van der Waals surface area (Å²) in [6.07, 6.45) is 0.